The van der Waals surface area contributed by atoms with Crippen LogP contribution in [0.2, 0.25) is 5.02 Å². The van der Waals surface area contributed by atoms with E-state index in [1.807, 2.05) is 6.07 Å². The van der Waals surface area contributed by atoms with Crippen LogP contribution in [-0.2, 0) is 4.79 Å². The largest absolute Gasteiger partial charge is 0.369 e. The van der Waals surface area contributed by atoms with Gasteiger partial charge in [-0.3, -0.25) is 9.69 Å². The Morgan fingerprint density at radius 1 is 1.19 bits per heavy atom. The number of hydrogen-bond donors (Lipinski definition) is 1. The van der Waals surface area contributed by atoms with Gasteiger partial charge in [0.15, 0.2) is 0 Å². The van der Waals surface area contributed by atoms with Crippen LogP contribution in [0.4, 0.5) is 11.4 Å². The van der Waals surface area contributed by atoms with Crippen LogP contribution in [0, 0.1) is 25.2 Å². The number of nitrogens with one attached hydrogen (secondary N) is 1. The molecule has 0 unspecified atom stereocenters. The van der Waals surface area contributed by atoms with E-state index in [9.17, 15) is 4.79 Å². The van der Waals surface area contributed by atoms with E-state index in [0.717, 1.165) is 26.2 Å². The molecular formula is C21H23ClN4O. The lowest BCUT2D eigenvalue weighted by atomic mass is 10.1. The molecule has 1 amide bonds. The van der Waals surface area contributed by atoms with Crippen molar-refractivity contribution in [3.8, 4) is 6.07 Å². The predicted octanol–water partition coefficient (Wildman–Crippen LogP) is 3.59. The third-order valence-corrected chi connectivity index (χ3v) is 5.34. The summed E-state index contributed by atoms with van der Waals surface area (Å²) in [6.45, 7) is 8.13. The maximum absolute atomic E-state index is 12.3. The van der Waals surface area contributed by atoms with Crippen LogP contribution < -0.4 is 10.2 Å². The molecule has 27 heavy (non-hydrogen) atoms. The molecule has 0 aromatic heterocycles. The van der Waals surface area contributed by atoms with Crippen LogP contribution in [0.1, 0.15) is 16.7 Å². The Labute approximate surface area is 165 Å². The summed E-state index contributed by atoms with van der Waals surface area (Å²) in [4.78, 5) is 16.9. The molecule has 1 aliphatic heterocycles. The van der Waals surface area contributed by atoms with Crippen LogP contribution >= 0.6 is 11.6 Å². The first-order valence-electron chi connectivity index (χ1n) is 9.01. The van der Waals surface area contributed by atoms with Crippen LogP contribution in [0.5, 0.6) is 0 Å². The Morgan fingerprint density at radius 2 is 1.93 bits per heavy atom. The smallest absolute Gasteiger partial charge is 0.238 e. The molecule has 1 heterocycles. The van der Waals surface area contributed by atoms with Crippen LogP contribution in [0.25, 0.3) is 0 Å². The number of aryl methyl sites for hydroxylation is 1. The first-order chi connectivity index (χ1) is 13.0. The summed E-state index contributed by atoms with van der Waals surface area (Å²) in [5.41, 5.74) is 4.92. The van der Waals surface area contributed by atoms with E-state index in [1.165, 1.54) is 16.8 Å². The first-order valence-corrected chi connectivity index (χ1v) is 9.39. The van der Waals surface area contributed by atoms with Gasteiger partial charge in [-0.05, 0) is 49.2 Å². The number of nitriles is 1. The summed E-state index contributed by atoms with van der Waals surface area (Å²) in [7, 11) is 0. The fraction of sp³-hybridized carbons (Fsp3) is 0.333. The lowest BCUT2D eigenvalue weighted by molar-refractivity contribution is -0.117. The Morgan fingerprint density at radius 3 is 2.59 bits per heavy atom. The van der Waals surface area contributed by atoms with Crippen molar-refractivity contribution >= 4 is 28.9 Å². The molecule has 140 valence electrons. The molecule has 0 spiro atoms. The number of piperazine rings is 1. The molecule has 2 aromatic carbocycles. The highest BCUT2D eigenvalue weighted by atomic mass is 35.5. The standard InChI is InChI=1S/C21H23ClN4O/c1-15-4-3-5-20(16(15)2)26-10-8-25(9-11-26)14-21(27)24-18-7-6-17(13-23)19(22)12-18/h3-7,12H,8-11,14H2,1-2H3,(H,24,27). The van der Waals surface area contributed by atoms with Gasteiger partial charge in [-0.2, -0.15) is 5.26 Å². The van der Waals surface area contributed by atoms with Crippen LogP contribution in [-0.4, -0.2) is 43.5 Å². The minimum Gasteiger partial charge on any atom is -0.369 e. The maximum Gasteiger partial charge on any atom is 0.238 e. The van der Waals surface area contributed by atoms with Crippen molar-refractivity contribution in [2.45, 2.75) is 13.8 Å². The summed E-state index contributed by atoms with van der Waals surface area (Å²) in [6, 6.07) is 13.3. The summed E-state index contributed by atoms with van der Waals surface area (Å²) in [5, 5.41) is 12.1. The molecule has 2 aromatic rings. The molecule has 5 nitrogen and oxygen atoms in total. The minimum absolute atomic E-state index is 0.0732. The summed E-state index contributed by atoms with van der Waals surface area (Å²) in [6.07, 6.45) is 0. The highest BCUT2D eigenvalue weighted by Crippen LogP contribution is 2.24. The number of carbonyl (C=O) groups is 1. The van der Waals surface area contributed by atoms with Gasteiger partial charge in [-0.1, -0.05) is 23.7 Å². The normalized spacial score (nSPS) is 14.7. The van der Waals surface area contributed by atoms with Gasteiger partial charge < -0.3 is 10.2 Å². The van der Waals surface area contributed by atoms with E-state index in [0.29, 0.717) is 22.8 Å². The SMILES string of the molecule is Cc1cccc(N2CCN(CC(=O)Nc3ccc(C#N)c(Cl)c3)CC2)c1C. The molecule has 1 aliphatic rings. The number of hydrogen-bond acceptors (Lipinski definition) is 4. The van der Waals surface area contributed by atoms with E-state index < -0.39 is 0 Å². The lowest BCUT2D eigenvalue weighted by Gasteiger charge is -2.36. The zero-order chi connectivity index (χ0) is 19.4. The predicted molar refractivity (Wildman–Crippen MR) is 109 cm³/mol. The van der Waals surface area contributed by atoms with Gasteiger partial charge in [0.1, 0.15) is 6.07 Å². The second kappa shape index (κ2) is 8.43. The van der Waals surface area contributed by atoms with Gasteiger partial charge in [-0.25, -0.2) is 0 Å². The number of benzene rings is 2. The molecule has 6 heteroatoms. The Hall–Kier alpha value is -2.55. The van der Waals surface area contributed by atoms with Crippen LogP contribution in [0.15, 0.2) is 36.4 Å². The molecule has 1 fully saturated rings. The second-order valence-corrected chi connectivity index (χ2v) is 7.24. The molecule has 0 radical (unpaired) electrons. The zero-order valence-corrected chi connectivity index (χ0v) is 16.4. The van der Waals surface area contributed by atoms with Crippen molar-refractivity contribution < 1.29 is 4.79 Å². The highest BCUT2D eigenvalue weighted by Gasteiger charge is 2.20. The zero-order valence-electron chi connectivity index (χ0n) is 15.6. The number of nitrogens with zero attached hydrogens (tertiary/aromatic N) is 3. The van der Waals surface area contributed by atoms with E-state index in [-0.39, 0.29) is 5.91 Å². The number of anilines is 2. The maximum atomic E-state index is 12.3. The minimum atomic E-state index is -0.0732. The molecule has 1 N–H and O–H groups in total. The number of carbonyl (C=O) groups excluding carboxylic acids is 1. The molecule has 0 bridgehead atoms. The van der Waals surface area contributed by atoms with Gasteiger partial charge in [-0.15, -0.1) is 0 Å². The fourth-order valence-corrected chi connectivity index (χ4v) is 3.54. The molecule has 0 atom stereocenters. The van der Waals surface area contributed by atoms with Crippen LogP contribution in [0.3, 0.4) is 0 Å². The van der Waals surface area contributed by atoms with Gasteiger partial charge in [0.2, 0.25) is 5.91 Å². The fourth-order valence-electron chi connectivity index (χ4n) is 3.31. The quantitative estimate of drug-likeness (QED) is 0.877. The Kier molecular flexibility index (Phi) is 6.00. The van der Waals surface area contributed by atoms with Crippen molar-refractivity contribution in [3.63, 3.8) is 0 Å². The van der Waals surface area contributed by atoms with E-state index in [4.69, 9.17) is 16.9 Å². The number of halogens is 1. The average molecular weight is 383 g/mol. The molecule has 0 saturated carbocycles. The van der Waals surface area contributed by atoms with Gasteiger partial charge in [0.05, 0.1) is 17.1 Å². The number of amides is 1. The third kappa shape index (κ3) is 4.60. The van der Waals surface area contributed by atoms with Gasteiger partial charge in [0, 0.05) is 37.6 Å². The molecule has 0 aliphatic carbocycles. The monoisotopic (exact) mass is 382 g/mol. The first kappa shape index (κ1) is 19.2. The lowest BCUT2D eigenvalue weighted by Crippen LogP contribution is -2.48. The molecule has 3 rings (SSSR count). The van der Waals surface area contributed by atoms with E-state index in [2.05, 4.69) is 47.2 Å². The molecule has 1 saturated heterocycles. The second-order valence-electron chi connectivity index (χ2n) is 6.84. The van der Waals surface area contributed by atoms with Crippen molar-refractivity contribution in [2.75, 3.05) is 42.9 Å². The Balaban J connectivity index is 1.53. The highest BCUT2D eigenvalue weighted by molar-refractivity contribution is 6.32. The summed E-state index contributed by atoms with van der Waals surface area (Å²) >= 11 is 6.01. The van der Waals surface area contributed by atoms with Crippen molar-refractivity contribution in [2.24, 2.45) is 0 Å². The topological polar surface area (TPSA) is 59.4 Å². The van der Waals surface area contributed by atoms with E-state index in [1.54, 1.807) is 18.2 Å². The summed E-state index contributed by atoms with van der Waals surface area (Å²) in [5.74, 6) is -0.0732. The number of rotatable bonds is 4. The third-order valence-electron chi connectivity index (χ3n) is 5.03. The van der Waals surface area contributed by atoms with E-state index >= 15 is 0 Å². The van der Waals surface area contributed by atoms with Gasteiger partial charge >= 0.3 is 0 Å². The van der Waals surface area contributed by atoms with Crippen molar-refractivity contribution in [1.29, 1.82) is 5.26 Å². The van der Waals surface area contributed by atoms with Crippen molar-refractivity contribution in [1.82, 2.24) is 4.90 Å². The average Bonchev–Trinajstić information content (AvgIpc) is 2.65. The Bertz CT molecular complexity index is 882. The van der Waals surface area contributed by atoms with Crippen molar-refractivity contribution in [3.05, 3.63) is 58.1 Å². The molecular weight excluding hydrogens is 360 g/mol. The van der Waals surface area contributed by atoms with Gasteiger partial charge in [0.25, 0.3) is 0 Å². The summed E-state index contributed by atoms with van der Waals surface area (Å²) < 4.78 is 0.